The zero-order valence-corrected chi connectivity index (χ0v) is 11.8. The molecule has 1 amide bonds. The average molecular weight is 269 g/mol. The standard InChI is InChI=1S/C17H19NO2/c1-12-3-6-14(7-4-12)8-10-17(20)18-15-9-5-13(2)11-16(15)19/h3-7,9,11,19H,8,10H2,1-2H3,(H,18,20). The molecule has 2 N–H and O–H groups in total. The first kappa shape index (κ1) is 14.1. The van der Waals surface area contributed by atoms with Gasteiger partial charge in [0.1, 0.15) is 5.75 Å². The Bertz CT molecular complexity index is 603. The van der Waals surface area contributed by atoms with Crippen molar-refractivity contribution in [2.45, 2.75) is 26.7 Å². The smallest absolute Gasteiger partial charge is 0.224 e. The van der Waals surface area contributed by atoms with Gasteiger partial charge >= 0.3 is 0 Å². The van der Waals surface area contributed by atoms with Crippen LogP contribution in [0.2, 0.25) is 0 Å². The Hall–Kier alpha value is -2.29. The minimum atomic E-state index is -0.0928. The van der Waals surface area contributed by atoms with E-state index < -0.39 is 0 Å². The summed E-state index contributed by atoms with van der Waals surface area (Å²) >= 11 is 0. The number of phenols is 1. The lowest BCUT2D eigenvalue weighted by atomic mass is 10.1. The monoisotopic (exact) mass is 269 g/mol. The summed E-state index contributed by atoms with van der Waals surface area (Å²) < 4.78 is 0. The number of aromatic hydroxyl groups is 1. The molecule has 3 heteroatoms. The third kappa shape index (κ3) is 3.85. The number of carbonyl (C=O) groups is 1. The second-order valence-corrected chi connectivity index (χ2v) is 5.05. The molecule has 2 aromatic carbocycles. The summed E-state index contributed by atoms with van der Waals surface area (Å²) in [5.41, 5.74) is 3.77. The van der Waals surface area contributed by atoms with Crippen LogP contribution in [-0.4, -0.2) is 11.0 Å². The second-order valence-electron chi connectivity index (χ2n) is 5.05. The summed E-state index contributed by atoms with van der Waals surface area (Å²) in [6, 6.07) is 13.4. The van der Waals surface area contributed by atoms with Crippen LogP contribution in [-0.2, 0) is 11.2 Å². The maximum Gasteiger partial charge on any atom is 0.224 e. The van der Waals surface area contributed by atoms with Gasteiger partial charge in [-0.25, -0.2) is 0 Å². The van der Waals surface area contributed by atoms with Gasteiger partial charge < -0.3 is 10.4 Å². The van der Waals surface area contributed by atoms with E-state index in [1.54, 1.807) is 12.1 Å². The van der Waals surface area contributed by atoms with E-state index in [1.165, 1.54) is 5.56 Å². The van der Waals surface area contributed by atoms with Crippen molar-refractivity contribution in [1.29, 1.82) is 0 Å². The number of carbonyl (C=O) groups excluding carboxylic acids is 1. The summed E-state index contributed by atoms with van der Waals surface area (Å²) in [7, 11) is 0. The molecule has 0 aromatic heterocycles. The molecule has 0 bridgehead atoms. The first-order valence-corrected chi connectivity index (χ1v) is 6.69. The first-order valence-electron chi connectivity index (χ1n) is 6.69. The highest BCUT2D eigenvalue weighted by Crippen LogP contribution is 2.24. The van der Waals surface area contributed by atoms with Gasteiger partial charge in [0, 0.05) is 6.42 Å². The van der Waals surface area contributed by atoms with E-state index in [1.807, 2.05) is 44.2 Å². The van der Waals surface area contributed by atoms with Crippen molar-refractivity contribution in [3.8, 4) is 5.75 Å². The molecule has 0 heterocycles. The normalized spacial score (nSPS) is 10.3. The van der Waals surface area contributed by atoms with Crippen LogP contribution >= 0.6 is 0 Å². The summed E-state index contributed by atoms with van der Waals surface area (Å²) in [6.07, 6.45) is 1.09. The highest BCUT2D eigenvalue weighted by atomic mass is 16.3. The van der Waals surface area contributed by atoms with Gasteiger partial charge in [-0.1, -0.05) is 35.9 Å². The van der Waals surface area contributed by atoms with Crippen LogP contribution in [0, 0.1) is 13.8 Å². The number of rotatable bonds is 4. The lowest BCUT2D eigenvalue weighted by molar-refractivity contribution is -0.116. The van der Waals surface area contributed by atoms with Crippen LogP contribution in [0.4, 0.5) is 5.69 Å². The SMILES string of the molecule is Cc1ccc(CCC(=O)Nc2ccc(C)cc2O)cc1. The summed E-state index contributed by atoms with van der Waals surface area (Å²) in [4.78, 5) is 11.9. The number of amides is 1. The van der Waals surface area contributed by atoms with E-state index in [2.05, 4.69) is 5.32 Å². The quantitative estimate of drug-likeness (QED) is 0.833. The van der Waals surface area contributed by atoms with E-state index in [0.717, 1.165) is 11.1 Å². The highest BCUT2D eigenvalue weighted by molar-refractivity contribution is 5.92. The Balaban J connectivity index is 1.90. The lowest BCUT2D eigenvalue weighted by Crippen LogP contribution is -2.12. The van der Waals surface area contributed by atoms with Gasteiger partial charge in [-0.2, -0.15) is 0 Å². The average Bonchev–Trinajstić information content (AvgIpc) is 2.41. The van der Waals surface area contributed by atoms with Crippen molar-refractivity contribution >= 4 is 11.6 Å². The van der Waals surface area contributed by atoms with Crippen LogP contribution in [0.15, 0.2) is 42.5 Å². The number of benzene rings is 2. The molecule has 104 valence electrons. The number of phenolic OH excluding ortho intramolecular Hbond substituents is 1. The molecule has 0 aliphatic rings. The molecule has 0 fully saturated rings. The molecule has 20 heavy (non-hydrogen) atoms. The van der Waals surface area contributed by atoms with Crippen molar-refractivity contribution in [2.24, 2.45) is 0 Å². The second kappa shape index (κ2) is 6.24. The predicted octanol–water partition coefficient (Wildman–Crippen LogP) is 3.58. The Morgan fingerprint density at radius 3 is 2.35 bits per heavy atom. The number of hydrogen-bond acceptors (Lipinski definition) is 2. The van der Waals surface area contributed by atoms with Crippen LogP contribution in [0.3, 0.4) is 0 Å². The van der Waals surface area contributed by atoms with Gasteiger partial charge in [0.05, 0.1) is 5.69 Å². The van der Waals surface area contributed by atoms with Gasteiger partial charge in [0.15, 0.2) is 0 Å². The molecular formula is C17H19NO2. The fourth-order valence-corrected chi connectivity index (χ4v) is 1.97. The Labute approximate surface area is 119 Å². The Morgan fingerprint density at radius 2 is 1.70 bits per heavy atom. The molecule has 2 rings (SSSR count). The topological polar surface area (TPSA) is 49.3 Å². The fraction of sp³-hybridized carbons (Fsp3) is 0.235. The highest BCUT2D eigenvalue weighted by Gasteiger charge is 2.06. The molecule has 0 saturated heterocycles. The third-order valence-corrected chi connectivity index (χ3v) is 3.19. The zero-order valence-electron chi connectivity index (χ0n) is 11.8. The summed E-state index contributed by atoms with van der Waals surface area (Å²) in [5.74, 6) is 0.0124. The van der Waals surface area contributed by atoms with Crippen LogP contribution in [0.25, 0.3) is 0 Å². The number of aryl methyl sites for hydroxylation is 3. The molecule has 3 nitrogen and oxygen atoms in total. The maximum atomic E-state index is 11.9. The Kier molecular flexibility index (Phi) is 4.41. The minimum absolute atomic E-state index is 0.0928. The van der Waals surface area contributed by atoms with Crippen LogP contribution in [0.5, 0.6) is 5.75 Å². The molecule has 2 aromatic rings. The molecule has 0 spiro atoms. The summed E-state index contributed by atoms with van der Waals surface area (Å²) in [6.45, 7) is 3.93. The zero-order chi connectivity index (χ0) is 14.5. The van der Waals surface area contributed by atoms with E-state index >= 15 is 0 Å². The van der Waals surface area contributed by atoms with Crippen molar-refractivity contribution < 1.29 is 9.90 Å². The van der Waals surface area contributed by atoms with E-state index in [-0.39, 0.29) is 11.7 Å². The van der Waals surface area contributed by atoms with Crippen LogP contribution in [0.1, 0.15) is 23.1 Å². The van der Waals surface area contributed by atoms with E-state index in [4.69, 9.17) is 0 Å². The molecule has 0 unspecified atom stereocenters. The van der Waals surface area contributed by atoms with Gasteiger partial charge in [-0.05, 0) is 43.5 Å². The molecule has 0 radical (unpaired) electrons. The van der Waals surface area contributed by atoms with Crippen molar-refractivity contribution in [3.05, 3.63) is 59.2 Å². The molecule has 0 aliphatic heterocycles. The first-order chi connectivity index (χ1) is 9.54. The van der Waals surface area contributed by atoms with Crippen molar-refractivity contribution in [3.63, 3.8) is 0 Å². The fourth-order valence-electron chi connectivity index (χ4n) is 1.97. The maximum absolute atomic E-state index is 11.9. The largest absolute Gasteiger partial charge is 0.506 e. The van der Waals surface area contributed by atoms with E-state index in [9.17, 15) is 9.90 Å². The van der Waals surface area contributed by atoms with Crippen molar-refractivity contribution in [2.75, 3.05) is 5.32 Å². The third-order valence-electron chi connectivity index (χ3n) is 3.19. The predicted molar refractivity (Wildman–Crippen MR) is 81.0 cm³/mol. The van der Waals surface area contributed by atoms with Crippen molar-refractivity contribution in [1.82, 2.24) is 0 Å². The van der Waals surface area contributed by atoms with Crippen LogP contribution < -0.4 is 5.32 Å². The van der Waals surface area contributed by atoms with E-state index in [0.29, 0.717) is 18.5 Å². The van der Waals surface area contributed by atoms with Gasteiger partial charge in [0.25, 0.3) is 0 Å². The minimum Gasteiger partial charge on any atom is -0.506 e. The van der Waals surface area contributed by atoms with Gasteiger partial charge in [-0.15, -0.1) is 0 Å². The summed E-state index contributed by atoms with van der Waals surface area (Å²) in [5, 5.41) is 12.5. The lowest BCUT2D eigenvalue weighted by Gasteiger charge is -2.08. The molecule has 0 atom stereocenters. The number of nitrogens with one attached hydrogen (secondary N) is 1. The van der Waals surface area contributed by atoms with Gasteiger partial charge in [-0.3, -0.25) is 4.79 Å². The Morgan fingerprint density at radius 1 is 1.05 bits per heavy atom. The molecule has 0 saturated carbocycles. The van der Waals surface area contributed by atoms with Gasteiger partial charge in [0.2, 0.25) is 5.91 Å². The molecule has 0 aliphatic carbocycles. The number of hydrogen-bond donors (Lipinski definition) is 2. The number of anilines is 1. The molecular weight excluding hydrogens is 250 g/mol.